The number of rotatable bonds is 14. The maximum atomic E-state index is 11.5. The molecule has 8 heteroatoms. The number of carbonyl (C=O) groups is 3. The molecule has 8 nitrogen and oxygen atoms in total. The van der Waals surface area contributed by atoms with Gasteiger partial charge < -0.3 is 24.8 Å². The van der Waals surface area contributed by atoms with Crippen LogP contribution in [0.1, 0.15) is 51.4 Å². The van der Waals surface area contributed by atoms with Crippen LogP contribution in [0.4, 0.5) is 0 Å². The van der Waals surface area contributed by atoms with Crippen molar-refractivity contribution in [1.29, 1.82) is 0 Å². The van der Waals surface area contributed by atoms with Gasteiger partial charge in [0.15, 0.2) is 5.76 Å². The van der Waals surface area contributed by atoms with Crippen LogP contribution in [0.5, 0.6) is 0 Å². The molecule has 0 saturated carbocycles. The predicted molar refractivity (Wildman–Crippen MR) is 83.9 cm³/mol. The van der Waals surface area contributed by atoms with Gasteiger partial charge in [-0.1, -0.05) is 25.7 Å². The van der Waals surface area contributed by atoms with Gasteiger partial charge in [0, 0.05) is 12.8 Å². The topological polar surface area (TPSA) is 130 Å². The highest BCUT2D eigenvalue weighted by atomic mass is 16.6. The Balaban J connectivity index is 3.65. The second-order valence-corrected chi connectivity index (χ2v) is 5.35. The van der Waals surface area contributed by atoms with Gasteiger partial charge in [0.2, 0.25) is 0 Å². The van der Waals surface area contributed by atoms with Gasteiger partial charge in [-0.15, -0.1) is 0 Å². The molecular weight excluding hydrogens is 320 g/mol. The van der Waals surface area contributed by atoms with Gasteiger partial charge in [-0.2, -0.15) is 0 Å². The van der Waals surface area contributed by atoms with Crippen LogP contribution in [-0.2, 0) is 23.9 Å². The van der Waals surface area contributed by atoms with Gasteiger partial charge in [-0.3, -0.25) is 9.59 Å². The monoisotopic (exact) mass is 346 g/mol. The van der Waals surface area contributed by atoms with Gasteiger partial charge in [-0.05, 0) is 19.4 Å². The van der Waals surface area contributed by atoms with Gasteiger partial charge in [0.25, 0.3) is 0 Å². The number of aliphatic hydroxyl groups is 2. The van der Waals surface area contributed by atoms with Crippen molar-refractivity contribution < 1.29 is 39.2 Å². The highest BCUT2D eigenvalue weighted by Crippen LogP contribution is 2.09. The van der Waals surface area contributed by atoms with Crippen LogP contribution in [0, 0.1) is 0 Å². The fourth-order valence-corrected chi connectivity index (χ4v) is 1.77. The number of aliphatic hydroxyl groups excluding tert-OH is 2. The minimum atomic E-state index is -1.14. The number of ether oxygens (including phenoxy) is 2. The summed E-state index contributed by atoms with van der Waals surface area (Å²) < 4.78 is 9.32. The standard InChI is InChI=1S/C16H26O8/c1-12(23-11-13(18)10-17)16(22)24-15(21)9-7-5-3-2-4-6-8-14(19)20/h13,17-18H,1-11H2,(H,19,20). The second-order valence-electron chi connectivity index (χ2n) is 5.35. The summed E-state index contributed by atoms with van der Waals surface area (Å²) in [5.74, 6) is -2.90. The van der Waals surface area contributed by atoms with E-state index in [1.54, 1.807) is 0 Å². The average Bonchev–Trinajstić information content (AvgIpc) is 2.54. The van der Waals surface area contributed by atoms with Crippen LogP contribution >= 0.6 is 0 Å². The van der Waals surface area contributed by atoms with E-state index in [9.17, 15) is 14.4 Å². The Labute approximate surface area is 141 Å². The third kappa shape index (κ3) is 12.6. The molecule has 0 saturated heterocycles. The Kier molecular flexibility index (Phi) is 12.4. The Bertz CT molecular complexity index is 418. The molecule has 24 heavy (non-hydrogen) atoms. The molecule has 1 atom stereocenters. The number of carbonyl (C=O) groups excluding carboxylic acids is 2. The maximum Gasteiger partial charge on any atom is 0.380 e. The molecule has 0 aliphatic carbocycles. The number of hydrogen-bond donors (Lipinski definition) is 3. The van der Waals surface area contributed by atoms with Crippen molar-refractivity contribution in [3.63, 3.8) is 0 Å². The van der Waals surface area contributed by atoms with Crippen molar-refractivity contribution in [1.82, 2.24) is 0 Å². The van der Waals surface area contributed by atoms with Crippen LogP contribution < -0.4 is 0 Å². The van der Waals surface area contributed by atoms with E-state index in [0.29, 0.717) is 12.8 Å². The molecule has 0 aromatic heterocycles. The van der Waals surface area contributed by atoms with Crippen molar-refractivity contribution in [2.75, 3.05) is 13.2 Å². The zero-order valence-corrected chi connectivity index (χ0v) is 13.7. The highest BCUT2D eigenvalue weighted by molar-refractivity contribution is 5.94. The molecular formula is C16H26O8. The number of esters is 2. The van der Waals surface area contributed by atoms with E-state index in [0.717, 1.165) is 25.7 Å². The molecule has 0 spiro atoms. The SMILES string of the molecule is C=C(OCC(O)CO)C(=O)OC(=O)CCCCCCCCC(=O)O. The first-order valence-corrected chi connectivity index (χ1v) is 7.94. The molecule has 0 aromatic rings. The van der Waals surface area contributed by atoms with E-state index in [1.165, 1.54) is 0 Å². The molecule has 1 unspecified atom stereocenters. The van der Waals surface area contributed by atoms with E-state index in [2.05, 4.69) is 11.3 Å². The molecule has 0 amide bonds. The van der Waals surface area contributed by atoms with Crippen LogP contribution in [-0.4, -0.2) is 52.5 Å². The number of unbranched alkanes of at least 4 members (excludes halogenated alkanes) is 5. The van der Waals surface area contributed by atoms with Gasteiger partial charge >= 0.3 is 17.9 Å². The maximum absolute atomic E-state index is 11.5. The lowest BCUT2D eigenvalue weighted by Gasteiger charge is -2.10. The summed E-state index contributed by atoms with van der Waals surface area (Å²) >= 11 is 0. The molecule has 0 bridgehead atoms. The molecule has 0 rings (SSSR count). The fraction of sp³-hybridized carbons (Fsp3) is 0.688. The van der Waals surface area contributed by atoms with E-state index in [-0.39, 0.29) is 19.4 Å². The normalized spacial score (nSPS) is 11.6. The first-order chi connectivity index (χ1) is 11.4. The Morgan fingerprint density at radius 3 is 2.04 bits per heavy atom. The lowest BCUT2D eigenvalue weighted by atomic mass is 10.1. The Morgan fingerprint density at radius 1 is 0.958 bits per heavy atom. The largest absolute Gasteiger partial charge is 0.484 e. The molecule has 0 aromatic carbocycles. The second kappa shape index (κ2) is 13.5. The van der Waals surface area contributed by atoms with Crippen LogP contribution in [0.3, 0.4) is 0 Å². The Morgan fingerprint density at radius 2 is 1.50 bits per heavy atom. The summed E-state index contributed by atoms with van der Waals surface area (Å²) in [7, 11) is 0. The zero-order chi connectivity index (χ0) is 18.4. The van der Waals surface area contributed by atoms with E-state index < -0.39 is 36.4 Å². The molecule has 0 heterocycles. The van der Waals surface area contributed by atoms with Gasteiger partial charge in [-0.25, -0.2) is 4.79 Å². The smallest absolute Gasteiger partial charge is 0.380 e. The third-order valence-electron chi connectivity index (χ3n) is 3.12. The van der Waals surface area contributed by atoms with Crippen molar-refractivity contribution in [3.8, 4) is 0 Å². The molecule has 0 radical (unpaired) electrons. The number of carboxylic acid groups (broad SMARTS) is 1. The summed E-state index contributed by atoms with van der Waals surface area (Å²) in [6.07, 6.45) is 3.77. The summed E-state index contributed by atoms with van der Waals surface area (Å²) in [5, 5.41) is 26.1. The van der Waals surface area contributed by atoms with Crippen molar-refractivity contribution in [2.45, 2.75) is 57.5 Å². The quantitative estimate of drug-likeness (QED) is 0.140. The highest BCUT2D eigenvalue weighted by Gasteiger charge is 2.16. The van der Waals surface area contributed by atoms with Crippen molar-refractivity contribution in [3.05, 3.63) is 12.3 Å². The number of carboxylic acids is 1. The minimum Gasteiger partial charge on any atom is -0.484 e. The lowest BCUT2D eigenvalue weighted by molar-refractivity contribution is -0.159. The van der Waals surface area contributed by atoms with E-state index in [1.807, 2.05) is 0 Å². The lowest BCUT2D eigenvalue weighted by Crippen LogP contribution is -2.22. The van der Waals surface area contributed by atoms with Crippen LogP contribution in [0.15, 0.2) is 12.3 Å². The summed E-state index contributed by atoms with van der Waals surface area (Å²) in [6, 6.07) is 0. The van der Waals surface area contributed by atoms with E-state index in [4.69, 9.17) is 20.1 Å². The molecule has 0 aliphatic rings. The van der Waals surface area contributed by atoms with Crippen LogP contribution in [0.25, 0.3) is 0 Å². The predicted octanol–water partition coefficient (Wildman–Crippen LogP) is 1.15. The first kappa shape index (κ1) is 22.1. The molecule has 3 N–H and O–H groups in total. The minimum absolute atomic E-state index is 0.0907. The van der Waals surface area contributed by atoms with Gasteiger partial charge in [0.05, 0.1) is 6.61 Å². The first-order valence-electron chi connectivity index (χ1n) is 7.94. The third-order valence-corrected chi connectivity index (χ3v) is 3.12. The average molecular weight is 346 g/mol. The Hall–Kier alpha value is -1.93. The summed E-state index contributed by atoms with van der Waals surface area (Å²) in [5.41, 5.74) is 0. The van der Waals surface area contributed by atoms with Crippen LogP contribution in [0.2, 0.25) is 0 Å². The molecule has 0 fully saturated rings. The van der Waals surface area contributed by atoms with Crippen molar-refractivity contribution in [2.24, 2.45) is 0 Å². The molecule has 0 aliphatic heterocycles. The fourth-order valence-electron chi connectivity index (χ4n) is 1.77. The van der Waals surface area contributed by atoms with Crippen molar-refractivity contribution >= 4 is 17.9 Å². The van der Waals surface area contributed by atoms with E-state index >= 15 is 0 Å². The summed E-state index contributed by atoms with van der Waals surface area (Å²) in [6.45, 7) is 2.45. The van der Waals surface area contributed by atoms with Gasteiger partial charge in [0.1, 0.15) is 12.7 Å². The number of hydrogen-bond acceptors (Lipinski definition) is 7. The molecule has 138 valence electrons. The zero-order valence-electron chi connectivity index (χ0n) is 13.7. The number of aliphatic carboxylic acids is 1. The summed E-state index contributed by atoms with van der Waals surface area (Å²) in [4.78, 5) is 33.2.